The summed E-state index contributed by atoms with van der Waals surface area (Å²) >= 11 is 0. The van der Waals surface area contributed by atoms with Gasteiger partial charge in [0.1, 0.15) is 12.4 Å². The van der Waals surface area contributed by atoms with Crippen LogP contribution in [-0.4, -0.2) is 11.1 Å². The molecule has 24 heavy (non-hydrogen) atoms. The molecule has 0 heterocycles. The fourth-order valence-corrected chi connectivity index (χ4v) is 2.69. The first-order valence-electron chi connectivity index (χ1n) is 7.75. The summed E-state index contributed by atoms with van der Waals surface area (Å²) in [6.45, 7) is 2.28. The molecule has 3 rings (SSSR count). The molecule has 3 aromatic carbocycles. The molecule has 0 aliphatic heterocycles. The van der Waals surface area contributed by atoms with Gasteiger partial charge in [-0.25, -0.2) is 4.79 Å². The molecule has 0 radical (unpaired) electrons. The lowest BCUT2D eigenvalue weighted by molar-refractivity contribution is 0.0697. The normalized spacial score (nSPS) is 10.4. The Bertz CT molecular complexity index is 854. The first-order valence-corrected chi connectivity index (χ1v) is 7.75. The third-order valence-corrected chi connectivity index (χ3v) is 3.88. The van der Waals surface area contributed by atoms with Crippen molar-refractivity contribution in [2.45, 2.75) is 13.5 Å². The van der Waals surface area contributed by atoms with Crippen LogP contribution in [-0.2, 0) is 6.61 Å². The molecule has 0 bridgehead atoms. The maximum atomic E-state index is 11.6. The molecule has 1 N–H and O–H groups in total. The lowest BCUT2D eigenvalue weighted by Crippen LogP contribution is -2.02. The van der Waals surface area contributed by atoms with E-state index in [0.717, 1.165) is 16.7 Å². The van der Waals surface area contributed by atoms with E-state index in [1.165, 1.54) is 0 Å². The van der Waals surface area contributed by atoms with Gasteiger partial charge in [0.05, 0.1) is 5.56 Å². The van der Waals surface area contributed by atoms with Gasteiger partial charge < -0.3 is 9.84 Å². The fraction of sp³-hybridized carbons (Fsp3) is 0.0952. The van der Waals surface area contributed by atoms with Gasteiger partial charge in [-0.05, 0) is 41.3 Å². The summed E-state index contributed by atoms with van der Waals surface area (Å²) in [6.07, 6.45) is 0. The van der Waals surface area contributed by atoms with E-state index >= 15 is 0 Å². The van der Waals surface area contributed by atoms with E-state index in [0.29, 0.717) is 23.5 Å². The standard InChI is InChI=1S/C21H18O3/c1-15-7-5-12-19(20(15)21(22)23)17-10-6-11-18(13-17)24-14-16-8-3-2-4-9-16/h2-13H,14H2,1H3,(H,22,23). The van der Waals surface area contributed by atoms with Gasteiger partial charge in [0.25, 0.3) is 0 Å². The van der Waals surface area contributed by atoms with Gasteiger partial charge in [0.15, 0.2) is 0 Å². The Kier molecular flexibility index (Phi) is 4.62. The van der Waals surface area contributed by atoms with E-state index in [-0.39, 0.29) is 0 Å². The van der Waals surface area contributed by atoms with Crippen LogP contribution < -0.4 is 4.74 Å². The molecule has 0 aliphatic rings. The van der Waals surface area contributed by atoms with Crippen LogP contribution in [0.15, 0.2) is 72.8 Å². The number of hydrogen-bond donors (Lipinski definition) is 1. The molecule has 0 amide bonds. The van der Waals surface area contributed by atoms with E-state index in [9.17, 15) is 9.90 Å². The minimum Gasteiger partial charge on any atom is -0.489 e. The number of carbonyl (C=O) groups is 1. The zero-order valence-corrected chi connectivity index (χ0v) is 13.4. The largest absolute Gasteiger partial charge is 0.489 e. The third kappa shape index (κ3) is 3.46. The van der Waals surface area contributed by atoms with Crippen LogP contribution in [0.1, 0.15) is 21.5 Å². The number of benzene rings is 3. The highest BCUT2D eigenvalue weighted by Crippen LogP contribution is 2.29. The third-order valence-electron chi connectivity index (χ3n) is 3.88. The van der Waals surface area contributed by atoms with Crippen molar-refractivity contribution < 1.29 is 14.6 Å². The van der Waals surface area contributed by atoms with Crippen molar-refractivity contribution in [2.75, 3.05) is 0 Å². The lowest BCUT2D eigenvalue weighted by atomic mass is 9.96. The summed E-state index contributed by atoms with van der Waals surface area (Å²) in [6, 6.07) is 23.0. The van der Waals surface area contributed by atoms with Gasteiger partial charge in [0.2, 0.25) is 0 Å². The number of rotatable bonds is 5. The Morgan fingerprint density at radius 1 is 0.958 bits per heavy atom. The highest BCUT2D eigenvalue weighted by Gasteiger charge is 2.14. The SMILES string of the molecule is Cc1cccc(-c2cccc(OCc3ccccc3)c2)c1C(=O)O. The van der Waals surface area contributed by atoms with Crippen molar-refractivity contribution in [1.82, 2.24) is 0 Å². The Morgan fingerprint density at radius 3 is 2.46 bits per heavy atom. The second-order valence-electron chi connectivity index (χ2n) is 5.60. The predicted octanol–water partition coefficient (Wildman–Crippen LogP) is 4.94. The molecule has 0 aromatic heterocycles. The maximum Gasteiger partial charge on any atom is 0.336 e. The summed E-state index contributed by atoms with van der Waals surface area (Å²) in [5, 5.41) is 9.50. The van der Waals surface area contributed by atoms with Gasteiger partial charge in [-0.2, -0.15) is 0 Å². The lowest BCUT2D eigenvalue weighted by Gasteiger charge is -2.11. The van der Waals surface area contributed by atoms with Gasteiger partial charge >= 0.3 is 5.97 Å². The quantitative estimate of drug-likeness (QED) is 0.725. The van der Waals surface area contributed by atoms with E-state index in [1.807, 2.05) is 79.7 Å². The average Bonchev–Trinajstić information content (AvgIpc) is 2.60. The Labute approximate surface area is 141 Å². The zero-order valence-electron chi connectivity index (χ0n) is 13.4. The maximum absolute atomic E-state index is 11.6. The molecule has 3 nitrogen and oxygen atoms in total. The monoisotopic (exact) mass is 318 g/mol. The first kappa shape index (κ1) is 15.8. The molecule has 0 saturated heterocycles. The number of aryl methyl sites for hydroxylation is 1. The number of carboxylic acids is 1. The Hall–Kier alpha value is -3.07. The van der Waals surface area contributed by atoms with Crippen LogP contribution in [0.5, 0.6) is 5.75 Å². The fourth-order valence-electron chi connectivity index (χ4n) is 2.69. The highest BCUT2D eigenvalue weighted by atomic mass is 16.5. The zero-order chi connectivity index (χ0) is 16.9. The second-order valence-corrected chi connectivity index (χ2v) is 5.60. The predicted molar refractivity (Wildman–Crippen MR) is 94.3 cm³/mol. The van der Waals surface area contributed by atoms with Gasteiger partial charge in [-0.15, -0.1) is 0 Å². The molecule has 0 aliphatic carbocycles. The van der Waals surface area contributed by atoms with Crippen LogP contribution in [0.3, 0.4) is 0 Å². The average molecular weight is 318 g/mol. The molecule has 0 spiro atoms. The first-order chi connectivity index (χ1) is 11.6. The van der Waals surface area contributed by atoms with Crippen molar-refractivity contribution in [3.8, 4) is 16.9 Å². The van der Waals surface area contributed by atoms with Crippen LogP contribution in [0.25, 0.3) is 11.1 Å². The van der Waals surface area contributed by atoms with E-state index in [2.05, 4.69) is 0 Å². The van der Waals surface area contributed by atoms with Crippen LogP contribution >= 0.6 is 0 Å². The second kappa shape index (κ2) is 7.01. The van der Waals surface area contributed by atoms with Crippen molar-refractivity contribution >= 4 is 5.97 Å². The van der Waals surface area contributed by atoms with Crippen LogP contribution in [0, 0.1) is 6.92 Å². The van der Waals surface area contributed by atoms with Gasteiger partial charge in [0, 0.05) is 0 Å². The van der Waals surface area contributed by atoms with Crippen LogP contribution in [0.4, 0.5) is 0 Å². The number of aromatic carboxylic acids is 1. The molecule has 0 fully saturated rings. The van der Waals surface area contributed by atoms with Crippen LogP contribution in [0.2, 0.25) is 0 Å². The molecule has 120 valence electrons. The molecule has 0 unspecified atom stereocenters. The summed E-state index contributed by atoms with van der Waals surface area (Å²) in [5.41, 5.74) is 3.70. The van der Waals surface area contributed by atoms with Crippen molar-refractivity contribution in [2.24, 2.45) is 0 Å². The van der Waals surface area contributed by atoms with Gasteiger partial charge in [-0.3, -0.25) is 0 Å². The molecule has 0 saturated carbocycles. The summed E-state index contributed by atoms with van der Waals surface area (Å²) in [7, 11) is 0. The van der Waals surface area contributed by atoms with Crippen molar-refractivity contribution in [1.29, 1.82) is 0 Å². The molecule has 3 aromatic rings. The molecule has 0 atom stereocenters. The Balaban J connectivity index is 1.89. The number of hydrogen-bond acceptors (Lipinski definition) is 2. The van der Waals surface area contributed by atoms with E-state index < -0.39 is 5.97 Å². The highest BCUT2D eigenvalue weighted by molar-refractivity contribution is 5.97. The van der Waals surface area contributed by atoms with E-state index in [1.54, 1.807) is 0 Å². The summed E-state index contributed by atoms with van der Waals surface area (Å²) in [5.74, 6) is -0.201. The van der Waals surface area contributed by atoms with Crippen molar-refractivity contribution in [3.63, 3.8) is 0 Å². The van der Waals surface area contributed by atoms with Gasteiger partial charge in [-0.1, -0.05) is 60.7 Å². The summed E-state index contributed by atoms with van der Waals surface area (Å²) in [4.78, 5) is 11.6. The minimum absolute atomic E-state index is 0.331. The topological polar surface area (TPSA) is 46.5 Å². The number of carboxylic acid groups (broad SMARTS) is 1. The molecular weight excluding hydrogens is 300 g/mol. The van der Waals surface area contributed by atoms with Crippen molar-refractivity contribution in [3.05, 3.63) is 89.5 Å². The number of ether oxygens (including phenoxy) is 1. The minimum atomic E-state index is -0.918. The van der Waals surface area contributed by atoms with E-state index in [4.69, 9.17) is 4.74 Å². The summed E-state index contributed by atoms with van der Waals surface area (Å²) < 4.78 is 5.84. The smallest absolute Gasteiger partial charge is 0.336 e. The molecular formula is C21H18O3. The Morgan fingerprint density at radius 2 is 1.71 bits per heavy atom. The molecule has 3 heteroatoms.